The van der Waals surface area contributed by atoms with Gasteiger partial charge in [-0.3, -0.25) is 9.59 Å². The number of aryl methyl sites for hydroxylation is 1. The molecule has 0 saturated heterocycles. The summed E-state index contributed by atoms with van der Waals surface area (Å²) < 4.78 is 5.71. The van der Waals surface area contributed by atoms with E-state index in [0.29, 0.717) is 24.6 Å². The summed E-state index contributed by atoms with van der Waals surface area (Å²) in [4.78, 5) is 23.8. The monoisotopic (exact) mass is 303 g/mol. The summed E-state index contributed by atoms with van der Waals surface area (Å²) in [6, 6.07) is 5.49. The van der Waals surface area contributed by atoms with Crippen molar-refractivity contribution in [2.45, 2.75) is 52.6 Å². The Balaban J connectivity index is 1.92. The lowest BCUT2D eigenvalue weighted by molar-refractivity contribution is -0.127. The van der Waals surface area contributed by atoms with Gasteiger partial charge < -0.3 is 10.1 Å². The number of Topliss-reactive ketones (excluding diaryl/α,β-unsaturated/α-hetero) is 1. The van der Waals surface area contributed by atoms with E-state index < -0.39 is 6.10 Å². The first kappa shape index (κ1) is 16.5. The first-order valence-electron chi connectivity index (χ1n) is 8.08. The number of amides is 1. The predicted molar refractivity (Wildman–Crippen MR) is 86.3 cm³/mol. The van der Waals surface area contributed by atoms with Gasteiger partial charge in [-0.1, -0.05) is 13.8 Å². The van der Waals surface area contributed by atoms with Crippen LogP contribution < -0.4 is 10.1 Å². The number of hydrogen-bond donors (Lipinski definition) is 1. The average Bonchev–Trinajstić information content (AvgIpc) is 2.46. The number of nitrogens with one attached hydrogen (secondary N) is 1. The van der Waals surface area contributed by atoms with Crippen LogP contribution in [0.25, 0.3) is 0 Å². The highest BCUT2D eigenvalue weighted by atomic mass is 16.5. The average molecular weight is 303 g/mol. The Bertz CT molecular complexity index is 551. The van der Waals surface area contributed by atoms with Crippen LogP contribution in [0.5, 0.6) is 5.75 Å². The van der Waals surface area contributed by atoms with E-state index in [-0.39, 0.29) is 11.7 Å². The minimum absolute atomic E-state index is 0.102. The third-order valence-electron chi connectivity index (χ3n) is 3.93. The predicted octanol–water partition coefficient (Wildman–Crippen LogP) is 3.14. The number of ether oxygens (including phenoxy) is 1. The van der Waals surface area contributed by atoms with Crippen LogP contribution in [-0.4, -0.2) is 24.3 Å². The van der Waals surface area contributed by atoms with E-state index in [9.17, 15) is 9.59 Å². The van der Waals surface area contributed by atoms with Crippen molar-refractivity contribution in [3.8, 4) is 5.75 Å². The standard InChI is InChI=1S/C18H25NO3/c1-12(2)9-10-19-18(21)13(3)22-15-7-8-16-14(11-15)5-4-6-17(16)20/h7-8,11-13H,4-6,9-10H2,1-3H3,(H,19,21). The molecule has 0 fully saturated rings. The van der Waals surface area contributed by atoms with Crippen molar-refractivity contribution in [3.63, 3.8) is 0 Å². The van der Waals surface area contributed by atoms with Gasteiger partial charge in [-0.2, -0.15) is 0 Å². The van der Waals surface area contributed by atoms with Gasteiger partial charge in [0.2, 0.25) is 0 Å². The quantitative estimate of drug-likeness (QED) is 0.878. The molecule has 1 aliphatic rings. The molecule has 2 rings (SSSR count). The fourth-order valence-corrected chi connectivity index (χ4v) is 2.58. The molecule has 1 aliphatic carbocycles. The van der Waals surface area contributed by atoms with Gasteiger partial charge in [0, 0.05) is 18.5 Å². The zero-order valence-electron chi connectivity index (χ0n) is 13.6. The number of benzene rings is 1. The van der Waals surface area contributed by atoms with Crippen LogP contribution >= 0.6 is 0 Å². The maximum atomic E-state index is 12.0. The molecule has 0 spiro atoms. The Hall–Kier alpha value is -1.84. The van der Waals surface area contributed by atoms with Gasteiger partial charge in [-0.25, -0.2) is 0 Å². The number of hydrogen-bond acceptors (Lipinski definition) is 3. The Labute approximate surface area is 132 Å². The van der Waals surface area contributed by atoms with Gasteiger partial charge in [-0.15, -0.1) is 0 Å². The third kappa shape index (κ3) is 4.33. The maximum absolute atomic E-state index is 12.0. The molecule has 0 radical (unpaired) electrons. The first-order chi connectivity index (χ1) is 10.5. The lowest BCUT2D eigenvalue weighted by Crippen LogP contribution is -2.37. The highest BCUT2D eigenvalue weighted by Crippen LogP contribution is 2.25. The molecular formula is C18H25NO3. The van der Waals surface area contributed by atoms with Crippen LogP contribution in [-0.2, 0) is 11.2 Å². The normalized spacial score (nSPS) is 15.4. The minimum Gasteiger partial charge on any atom is -0.481 e. The number of fused-ring (bicyclic) bond motifs is 1. The Kier molecular flexibility index (Phi) is 5.58. The van der Waals surface area contributed by atoms with Gasteiger partial charge in [0.05, 0.1) is 0 Å². The van der Waals surface area contributed by atoms with E-state index in [1.807, 2.05) is 12.1 Å². The minimum atomic E-state index is -0.537. The van der Waals surface area contributed by atoms with E-state index in [2.05, 4.69) is 19.2 Å². The Morgan fingerprint density at radius 3 is 2.77 bits per heavy atom. The highest BCUT2D eigenvalue weighted by molar-refractivity contribution is 5.98. The molecule has 1 aromatic rings. The fraction of sp³-hybridized carbons (Fsp3) is 0.556. The van der Waals surface area contributed by atoms with Crippen LogP contribution in [0.4, 0.5) is 0 Å². The first-order valence-corrected chi connectivity index (χ1v) is 8.08. The van der Waals surface area contributed by atoms with Crippen molar-refractivity contribution in [2.24, 2.45) is 5.92 Å². The summed E-state index contributed by atoms with van der Waals surface area (Å²) in [7, 11) is 0. The molecule has 1 amide bonds. The smallest absolute Gasteiger partial charge is 0.260 e. The molecule has 4 heteroatoms. The largest absolute Gasteiger partial charge is 0.481 e. The van der Waals surface area contributed by atoms with Gasteiger partial charge in [-0.05, 0) is 55.9 Å². The number of rotatable bonds is 6. The SMILES string of the molecule is CC(C)CCNC(=O)C(C)Oc1ccc2c(c1)CCCC2=O. The topological polar surface area (TPSA) is 55.4 Å². The Morgan fingerprint density at radius 1 is 1.27 bits per heavy atom. The van der Waals surface area contributed by atoms with Gasteiger partial charge >= 0.3 is 0 Å². The number of carbonyl (C=O) groups excluding carboxylic acids is 2. The van der Waals surface area contributed by atoms with Gasteiger partial charge in [0.25, 0.3) is 5.91 Å². The molecule has 0 bridgehead atoms. The van der Waals surface area contributed by atoms with Crippen molar-refractivity contribution in [2.75, 3.05) is 6.54 Å². The molecule has 0 saturated carbocycles. The second-order valence-corrected chi connectivity index (χ2v) is 6.33. The third-order valence-corrected chi connectivity index (χ3v) is 3.93. The van der Waals surface area contributed by atoms with E-state index in [1.54, 1.807) is 13.0 Å². The van der Waals surface area contributed by atoms with Crippen LogP contribution in [0, 0.1) is 5.92 Å². The van der Waals surface area contributed by atoms with Gasteiger partial charge in [0.15, 0.2) is 11.9 Å². The second kappa shape index (κ2) is 7.43. The molecule has 0 heterocycles. The molecule has 1 N–H and O–H groups in total. The summed E-state index contributed by atoms with van der Waals surface area (Å²) in [5.74, 6) is 1.32. The lowest BCUT2D eigenvalue weighted by atomic mass is 9.90. The molecule has 0 aliphatic heterocycles. The van der Waals surface area contributed by atoms with Crippen LogP contribution in [0.2, 0.25) is 0 Å². The number of carbonyl (C=O) groups is 2. The molecule has 1 unspecified atom stereocenters. The molecule has 120 valence electrons. The molecule has 22 heavy (non-hydrogen) atoms. The van der Waals surface area contributed by atoms with E-state index in [4.69, 9.17) is 4.74 Å². The fourth-order valence-electron chi connectivity index (χ4n) is 2.58. The van der Waals surface area contributed by atoms with E-state index in [0.717, 1.165) is 30.4 Å². The van der Waals surface area contributed by atoms with Crippen molar-refractivity contribution in [3.05, 3.63) is 29.3 Å². The Morgan fingerprint density at radius 2 is 2.05 bits per heavy atom. The van der Waals surface area contributed by atoms with Crippen LogP contribution in [0.3, 0.4) is 0 Å². The number of ketones is 1. The highest BCUT2D eigenvalue weighted by Gasteiger charge is 2.19. The lowest BCUT2D eigenvalue weighted by Gasteiger charge is -2.18. The second-order valence-electron chi connectivity index (χ2n) is 6.33. The summed E-state index contributed by atoms with van der Waals surface area (Å²) in [5, 5.41) is 2.89. The summed E-state index contributed by atoms with van der Waals surface area (Å²) >= 11 is 0. The van der Waals surface area contributed by atoms with Crippen molar-refractivity contribution in [1.29, 1.82) is 0 Å². The zero-order valence-corrected chi connectivity index (χ0v) is 13.6. The van der Waals surface area contributed by atoms with Crippen molar-refractivity contribution in [1.82, 2.24) is 5.32 Å². The van der Waals surface area contributed by atoms with Gasteiger partial charge in [0.1, 0.15) is 5.75 Å². The molecule has 0 aromatic heterocycles. The molecule has 1 aromatic carbocycles. The summed E-state index contributed by atoms with van der Waals surface area (Å²) in [6.45, 7) is 6.67. The molecular weight excluding hydrogens is 278 g/mol. The molecule has 4 nitrogen and oxygen atoms in total. The molecule has 1 atom stereocenters. The van der Waals surface area contributed by atoms with Crippen molar-refractivity contribution >= 4 is 11.7 Å². The van der Waals surface area contributed by atoms with Crippen LogP contribution in [0.15, 0.2) is 18.2 Å². The summed E-state index contributed by atoms with van der Waals surface area (Å²) in [6.07, 6.45) is 2.83. The van der Waals surface area contributed by atoms with Crippen molar-refractivity contribution < 1.29 is 14.3 Å². The summed E-state index contributed by atoms with van der Waals surface area (Å²) in [5.41, 5.74) is 1.83. The van der Waals surface area contributed by atoms with E-state index >= 15 is 0 Å². The van der Waals surface area contributed by atoms with E-state index in [1.165, 1.54) is 0 Å². The maximum Gasteiger partial charge on any atom is 0.260 e. The zero-order chi connectivity index (χ0) is 16.1. The van der Waals surface area contributed by atoms with Crippen LogP contribution in [0.1, 0.15) is 56.0 Å².